The van der Waals surface area contributed by atoms with Gasteiger partial charge in [-0.3, -0.25) is 0 Å². The van der Waals surface area contributed by atoms with E-state index in [9.17, 15) is 0 Å². The van der Waals surface area contributed by atoms with Crippen LogP contribution in [0, 0.1) is 0 Å². The van der Waals surface area contributed by atoms with Crippen LogP contribution < -0.4 is 0 Å². The molecule has 0 nitrogen and oxygen atoms in total. The predicted molar refractivity (Wildman–Crippen MR) is 8.54 cm³/mol. The molecular weight excluding hydrogens is 367 g/mol. The fourth-order valence-electron chi connectivity index (χ4n) is 0. The van der Waals surface area contributed by atoms with E-state index in [0.717, 1.165) is 0 Å². The molecule has 0 bridgehead atoms. The van der Waals surface area contributed by atoms with Gasteiger partial charge in [0.15, 0.2) is 0 Å². The minimum absolute atomic E-state index is 0. The van der Waals surface area contributed by atoms with Gasteiger partial charge in [-0.2, -0.15) is 0 Å². The van der Waals surface area contributed by atoms with Crippen LogP contribution in [0.1, 0.15) is 0 Å². The molecule has 0 saturated heterocycles. The van der Waals surface area contributed by atoms with Crippen LogP contribution in [0.2, 0.25) is 0 Å². The molecule has 0 rings (SSSR count). The van der Waals surface area contributed by atoms with E-state index in [4.69, 9.17) is 0 Å². The first-order valence-corrected chi connectivity index (χ1v) is 0. The second-order valence-corrected chi connectivity index (χ2v) is 0. The fourth-order valence-corrected chi connectivity index (χ4v) is 0. The Balaban J connectivity index is 0. The largest absolute Gasteiger partial charge is 0 e. The van der Waals surface area contributed by atoms with Crippen LogP contribution in [-0.2, 0) is 62.0 Å². The molecular formula is H2MoNbTeV. The first-order chi connectivity index (χ1) is 0. The molecule has 0 spiro atoms. The minimum Gasteiger partial charge on any atom is 0 e. The summed E-state index contributed by atoms with van der Waals surface area (Å²) in [6, 6.07) is 0. The standard InChI is InChI=1S/Mo.Nb.H2Te.V/h;;1H2;. The quantitative estimate of drug-likeness (QED) is 0.485. The van der Waals surface area contributed by atoms with E-state index in [0.29, 0.717) is 0 Å². The number of hydrogen-bond donors (Lipinski definition) is 0. The third kappa shape index (κ3) is 8.84. The van der Waals surface area contributed by atoms with E-state index >= 15 is 0 Å². The van der Waals surface area contributed by atoms with Crippen molar-refractivity contribution in [1.82, 2.24) is 0 Å². The molecule has 24 valence electrons. The molecule has 0 aliphatic carbocycles. The summed E-state index contributed by atoms with van der Waals surface area (Å²) in [6.45, 7) is 0. The maximum Gasteiger partial charge on any atom is 0 e. The first kappa shape index (κ1) is 29.2. The van der Waals surface area contributed by atoms with E-state index in [2.05, 4.69) is 0 Å². The van der Waals surface area contributed by atoms with Crippen LogP contribution in [-0.4, -0.2) is 23.7 Å². The molecule has 0 aromatic carbocycles. The predicted octanol–water partition coefficient (Wildman–Crippen LogP) is -0.924. The number of rotatable bonds is 0. The Bertz CT molecular complexity index is 8.00. The van der Waals surface area contributed by atoms with Gasteiger partial charge >= 0.3 is 23.7 Å². The molecule has 0 heterocycles. The molecule has 0 aliphatic heterocycles. The zero-order valence-corrected chi connectivity index (χ0v) is 10.3. The summed E-state index contributed by atoms with van der Waals surface area (Å²) in [5, 5.41) is 0. The van der Waals surface area contributed by atoms with Gasteiger partial charge in [0.1, 0.15) is 0 Å². The van der Waals surface area contributed by atoms with E-state index in [1.807, 2.05) is 0 Å². The van der Waals surface area contributed by atoms with Crippen LogP contribution in [0.15, 0.2) is 0 Å². The summed E-state index contributed by atoms with van der Waals surface area (Å²) >= 11 is 0. The third-order valence-electron chi connectivity index (χ3n) is 0. The Hall–Kier alpha value is 2.80. The SMILES string of the molecule is [Mo].[Nb].[TeH2].[V]. The van der Waals surface area contributed by atoms with Crippen molar-refractivity contribution < 1.29 is 62.0 Å². The van der Waals surface area contributed by atoms with Crippen LogP contribution in [0.25, 0.3) is 0 Å². The normalized spacial score (nSPS) is 0. The molecule has 0 saturated carbocycles. The summed E-state index contributed by atoms with van der Waals surface area (Å²) in [6.07, 6.45) is 0. The topological polar surface area (TPSA) is 0 Å². The van der Waals surface area contributed by atoms with Gasteiger partial charge in [-0.05, 0) is 0 Å². The van der Waals surface area contributed by atoms with Gasteiger partial charge in [0.2, 0.25) is 0 Å². The summed E-state index contributed by atoms with van der Waals surface area (Å²) in [5.41, 5.74) is 0. The van der Waals surface area contributed by atoms with Crippen LogP contribution >= 0.6 is 0 Å². The van der Waals surface area contributed by atoms with Crippen LogP contribution in [0.4, 0.5) is 0 Å². The van der Waals surface area contributed by atoms with Crippen molar-refractivity contribution in [2.24, 2.45) is 0 Å². The molecule has 0 fully saturated rings. The Morgan fingerprint density at radius 1 is 1.00 bits per heavy atom. The van der Waals surface area contributed by atoms with Crippen molar-refractivity contribution in [3.05, 3.63) is 0 Å². The molecule has 0 unspecified atom stereocenters. The smallest absolute Gasteiger partial charge is 0 e. The third-order valence-corrected chi connectivity index (χ3v) is 0. The first-order valence-electron chi connectivity index (χ1n) is 0. The van der Waals surface area contributed by atoms with E-state index < -0.39 is 0 Å². The van der Waals surface area contributed by atoms with E-state index in [1.165, 1.54) is 0 Å². The monoisotopic (exact) mass is 374 g/mol. The molecule has 0 amide bonds. The molecule has 4 heteroatoms. The van der Waals surface area contributed by atoms with Gasteiger partial charge in [0.25, 0.3) is 0 Å². The Morgan fingerprint density at radius 3 is 1.00 bits per heavy atom. The molecule has 4 heavy (non-hydrogen) atoms. The summed E-state index contributed by atoms with van der Waals surface area (Å²) < 4.78 is 0. The van der Waals surface area contributed by atoms with Crippen molar-refractivity contribution in [2.45, 2.75) is 0 Å². The van der Waals surface area contributed by atoms with Crippen molar-refractivity contribution in [3.63, 3.8) is 0 Å². The van der Waals surface area contributed by atoms with Gasteiger partial charge in [0, 0.05) is 62.0 Å². The van der Waals surface area contributed by atoms with Gasteiger partial charge < -0.3 is 0 Å². The van der Waals surface area contributed by atoms with Crippen LogP contribution in [0.3, 0.4) is 0 Å². The molecule has 0 aromatic rings. The second-order valence-electron chi connectivity index (χ2n) is 0. The zero-order valence-electron chi connectivity index (χ0n) is 1.80. The Kier molecular flexibility index (Phi) is 124. The fraction of sp³-hybridized carbons (Fsp3) is 0. The second kappa shape index (κ2) is 17.0. The zero-order chi connectivity index (χ0) is 0. The molecule has 0 N–H and O–H groups in total. The van der Waals surface area contributed by atoms with Gasteiger partial charge in [0.05, 0.1) is 0 Å². The van der Waals surface area contributed by atoms with Crippen molar-refractivity contribution in [2.75, 3.05) is 0 Å². The van der Waals surface area contributed by atoms with Crippen molar-refractivity contribution >= 4 is 23.7 Å². The average Bonchev–Trinajstić information content (AvgIpc) is 0. The Morgan fingerprint density at radius 2 is 1.00 bits per heavy atom. The summed E-state index contributed by atoms with van der Waals surface area (Å²) in [5.74, 6) is 0. The van der Waals surface area contributed by atoms with Gasteiger partial charge in [-0.25, -0.2) is 0 Å². The van der Waals surface area contributed by atoms with E-state index in [-0.39, 0.29) is 85.7 Å². The van der Waals surface area contributed by atoms with E-state index in [1.54, 1.807) is 0 Å². The maximum absolute atomic E-state index is 0. The molecule has 0 aromatic heterocycles. The molecule has 0 atom stereocenters. The van der Waals surface area contributed by atoms with Crippen molar-refractivity contribution in [1.29, 1.82) is 0 Å². The molecule has 2 radical (unpaired) electrons. The van der Waals surface area contributed by atoms with Gasteiger partial charge in [-0.1, -0.05) is 0 Å². The minimum atomic E-state index is 0. The summed E-state index contributed by atoms with van der Waals surface area (Å²) in [4.78, 5) is 0. The maximum atomic E-state index is 0. The van der Waals surface area contributed by atoms with Gasteiger partial charge in [-0.15, -0.1) is 0 Å². The number of hydrogen-bond acceptors (Lipinski definition) is 0. The van der Waals surface area contributed by atoms with Crippen LogP contribution in [0.5, 0.6) is 0 Å². The molecule has 0 aliphatic rings. The average molecular weight is 369 g/mol. The Labute approximate surface area is 84.2 Å². The van der Waals surface area contributed by atoms with Crippen molar-refractivity contribution in [3.8, 4) is 0 Å². The summed E-state index contributed by atoms with van der Waals surface area (Å²) in [7, 11) is 0.